The van der Waals surface area contributed by atoms with Gasteiger partial charge in [-0.15, -0.1) is 0 Å². The van der Waals surface area contributed by atoms with E-state index in [1.165, 1.54) is 0 Å². The SMILES string of the molecule is Cc1nc2c(c(=O)[nH]1)CCN(C(=O)c1ccc(CNC(=O)C(C)C)cc1)C2. The van der Waals surface area contributed by atoms with Crippen molar-refractivity contribution in [1.82, 2.24) is 20.2 Å². The zero-order valence-corrected chi connectivity index (χ0v) is 15.8. The molecule has 0 spiro atoms. The van der Waals surface area contributed by atoms with Gasteiger partial charge in [-0.05, 0) is 31.0 Å². The smallest absolute Gasteiger partial charge is 0.254 e. The summed E-state index contributed by atoms with van der Waals surface area (Å²) >= 11 is 0. The summed E-state index contributed by atoms with van der Waals surface area (Å²) in [6.45, 7) is 6.70. The minimum Gasteiger partial charge on any atom is -0.352 e. The molecule has 1 aromatic carbocycles. The summed E-state index contributed by atoms with van der Waals surface area (Å²) in [6, 6.07) is 7.23. The minimum atomic E-state index is -0.114. The molecule has 1 aliphatic rings. The first kappa shape index (κ1) is 18.8. The molecule has 1 aromatic heterocycles. The average Bonchev–Trinajstić information content (AvgIpc) is 2.65. The minimum absolute atomic E-state index is 0.0000780. The van der Waals surface area contributed by atoms with Crippen LogP contribution in [0.15, 0.2) is 29.1 Å². The first-order valence-electron chi connectivity index (χ1n) is 9.09. The van der Waals surface area contributed by atoms with Crippen LogP contribution in [-0.2, 0) is 24.3 Å². The Hall–Kier alpha value is -2.96. The van der Waals surface area contributed by atoms with Gasteiger partial charge >= 0.3 is 0 Å². The highest BCUT2D eigenvalue weighted by Crippen LogP contribution is 2.17. The standard InChI is InChI=1S/C20H24N4O3/c1-12(2)18(25)21-10-14-4-6-15(7-5-14)20(27)24-9-8-16-17(11-24)22-13(3)23-19(16)26/h4-7,12H,8-11H2,1-3H3,(H,21,25)(H,22,23,26). The number of amides is 2. The molecule has 2 N–H and O–H groups in total. The number of fused-ring (bicyclic) bond motifs is 1. The van der Waals surface area contributed by atoms with Gasteiger partial charge in [0.2, 0.25) is 5.91 Å². The highest BCUT2D eigenvalue weighted by molar-refractivity contribution is 5.94. The molecule has 0 bridgehead atoms. The lowest BCUT2D eigenvalue weighted by atomic mass is 10.0. The number of nitrogens with zero attached hydrogens (tertiary/aromatic N) is 2. The van der Waals surface area contributed by atoms with Crippen LogP contribution in [0.1, 0.15) is 46.9 Å². The van der Waals surface area contributed by atoms with Crippen molar-refractivity contribution in [3.63, 3.8) is 0 Å². The Labute approximate surface area is 157 Å². The van der Waals surface area contributed by atoms with E-state index in [2.05, 4.69) is 15.3 Å². The van der Waals surface area contributed by atoms with Crippen LogP contribution < -0.4 is 10.9 Å². The lowest BCUT2D eigenvalue weighted by Crippen LogP contribution is -2.39. The number of carbonyl (C=O) groups excluding carboxylic acids is 2. The number of H-pyrrole nitrogens is 1. The Balaban J connectivity index is 1.67. The fourth-order valence-electron chi connectivity index (χ4n) is 3.08. The molecule has 2 amide bonds. The van der Waals surface area contributed by atoms with Crippen molar-refractivity contribution in [2.24, 2.45) is 5.92 Å². The summed E-state index contributed by atoms with van der Waals surface area (Å²) in [5.74, 6) is 0.413. The van der Waals surface area contributed by atoms with Crippen LogP contribution in [-0.4, -0.2) is 33.2 Å². The maximum absolute atomic E-state index is 12.8. The second-order valence-electron chi connectivity index (χ2n) is 7.12. The first-order chi connectivity index (χ1) is 12.8. The van der Waals surface area contributed by atoms with Crippen LogP contribution in [0.25, 0.3) is 0 Å². The second-order valence-corrected chi connectivity index (χ2v) is 7.12. The van der Waals surface area contributed by atoms with Gasteiger partial charge in [0.15, 0.2) is 0 Å². The van der Waals surface area contributed by atoms with Crippen LogP contribution in [0.4, 0.5) is 0 Å². The maximum Gasteiger partial charge on any atom is 0.254 e. The van der Waals surface area contributed by atoms with Gasteiger partial charge in [0.25, 0.3) is 11.5 Å². The predicted molar refractivity (Wildman–Crippen MR) is 101 cm³/mol. The van der Waals surface area contributed by atoms with Gasteiger partial charge in [0, 0.05) is 30.1 Å². The second kappa shape index (κ2) is 7.73. The summed E-state index contributed by atoms with van der Waals surface area (Å²) in [5.41, 5.74) is 2.74. The Kier molecular flexibility index (Phi) is 5.39. The molecule has 0 aliphatic carbocycles. The number of aromatic amines is 1. The van der Waals surface area contributed by atoms with E-state index in [4.69, 9.17) is 0 Å². The number of aryl methyl sites for hydroxylation is 1. The summed E-state index contributed by atoms with van der Waals surface area (Å²) in [7, 11) is 0. The van der Waals surface area contributed by atoms with Crippen molar-refractivity contribution in [2.45, 2.75) is 40.3 Å². The number of hydrogen-bond donors (Lipinski definition) is 2. The molecule has 142 valence electrons. The summed E-state index contributed by atoms with van der Waals surface area (Å²) < 4.78 is 0. The third-order valence-electron chi connectivity index (χ3n) is 4.67. The highest BCUT2D eigenvalue weighted by Gasteiger charge is 2.24. The zero-order valence-electron chi connectivity index (χ0n) is 15.8. The fraction of sp³-hybridized carbons (Fsp3) is 0.400. The molecular weight excluding hydrogens is 344 g/mol. The normalized spacial score (nSPS) is 13.4. The number of benzene rings is 1. The molecule has 0 saturated carbocycles. The lowest BCUT2D eigenvalue weighted by molar-refractivity contribution is -0.124. The molecule has 7 nitrogen and oxygen atoms in total. The van der Waals surface area contributed by atoms with E-state index in [0.29, 0.717) is 48.7 Å². The van der Waals surface area contributed by atoms with E-state index in [1.807, 2.05) is 26.0 Å². The number of carbonyl (C=O) groups is 2. The molecule has 1 aliphatic heterocycles. The molecule has 7 heteroatoms. The van der Waals surface area contributed by atoms with E-state index in [9.17, 15) is 14.4 Å². The molecule has 0 radical (unpaired) electrons. The zero-order chi connectivity index (χ0) is 19.6. The molecule has 0 unspecified atom stereocenters. The quantitative estimate of drug-likeness (QED) is 0.856. The lowest BCUT2D eigenvalue weighted by Gasteiger charge is -2.27. The number of aromatic nitrogens is 2. The highest BCUT2D eigenvalue weighted by atomic mass is 16.2. The maximum atomic E-state index is 12.8. The van der Waals surface area contributed by atoms with Gasteiger partial charge in [-0.2, -0.15) is 0 Å². The molecule has 0 fully saturated rings. The fourth-order valence-corrected chi connectivity index (χ4v) is 3.08. The van der Waals surface area contributed by atoms with Crippen molar-refractivity contribution in [3.8, 4) is 0 Å². The van der Waals surface area contributed by atoms with Gasteiger partial charge in [-0.25, -0.2) is 4.98 Å². The molecule has 0 saturated heterocycles. The van der Waals surface area contributed by atoms with Gasteiger partial charge in [0.1, 0.15) is 5.82 Å². The largest absolute Gasteiger partial charge is 0.352 e. The summed E-state index contributed by atoms with van der Waals surface area (Å²) in [6.07, 6.45) is 0.503. The molecule has 3 rings (SSSR count). The van der Waals surface area contributed by atoms with Crippen molar-refractivity contribution in [3.05, 3.63) is 62.8 Å². The van der Waals surface area contributed by atoms with Crippen LogP contribution in [0.2, 0.25) is 0 Å². The van der Waals surface area contributed by atoms with Gasteiger partial charge in [-0.3, -0.25) is 14.4 Å². The van der Waals surface area contributed by atoms with E-state index in [0.717, 1.165) is 5.56 Å². The summed E-state index contributed by atoms with van der Waals surface area (Å²) in [4.78, 5) is 45.2. The molecule has 27 heavy (non-hydrogen) atoms. The Morgan fingerprint density at radius 1 is 1.26 bits per heavy atom. The van der Waals surface area contributed by atoms with Crippen molar-refractivity contribution < 1.29 is 9.59 Å². The molecule has 2 aromatic rings. The van der Waals surface area contributed by atoms with Crippen molar-refractivity contribution >= 4 is 11.8 Å². The molecule has 0 atom stereocenters. The Morgan fingerprint density at radius 2 is 1.96 bits per heavy atom. The number of nitrogens with one attached hydrogen (secondary N) is 2. The predicted octanol–water partition coefficient (Wildman–Crippen LogP) is 1.55. The van der Waals surface area contributed by atoms with Gasteiger partial charge < -0.3 is 15.2 Å². The van der Waals surface area contributed by atoms with E-state index in [1.54, 1.807) is 24.0 Å². The monoisotopic (exact) mass is 368 g/mol. The molecule has 2 heterocycles. The van der Waals surface area contributed by atoms with E-state index in [-0.39, 0.29) is 23.3 Å². The number of rotatable bonds is 4. The third kappa shape index (κ3) is 4.24. The Bertz CT molecular complexity index is 916. The van der Waals surface area contributed by atoms with Crippen LogP contribution in [0, 0.1) is 12.8 Å². The summed E-state index contributed by atoms with van der Waals surface area (Å²) in [5, 5.41) is 2.86. The van der Waals surface area contributed by atoms with Crippen LogP contribution in [0.5, 0.6) is 0 Å². The van der Waals surface area contributed by atoms with E-state index < -0.39 is 0 Å². The molecular formula is C20H24N4O3. The Morgan fingerprint density at radius 3 is 2.63 bits per heavy atom. The first-order valence-corrected chi connectivity index (χ1v) is 9.09. The van der Waals surface area contributed by atoms with Gasteiger partial charge in [0.05, 0.1) is 12.2 Å². The van der Waals surface area contributed by atoms with Crippen molar-refractivity contribution in [2.75, 3.05) is 6.54 Å². The van der Waals surface area contributed by atoms with E-state index >= 15 is 0 Å². The van der Waals surface area contributed by atoms with Crippen molar-refractivity contribution in [1.29, 1.82) is 0 Å². The third-order valence-corrected chi connectivity index (χ3v) is 4.67. The van der Waals surface area contributed by atoms with Crippen LogP contribution >= 0.6 is 0 Å². The number of hydrogen-bond acceptors (Lipinski definition) is 4. The van der Waals surface area contributed by atoms with Gasteiger partial charge in [-0.1, -0.05) is 26.0 Å². The van der Waals surface area contributed by atoms with Crippen LogP contribution in [0.3, 0.4) is 0 Å². The average molecular weight is 368 g/mol. The topological polar surface area (TPSA) is 95.2 Å².